The fourth-order valence-electron chi connectivity index (χ4n) is 1.82. The molecule has 0 aliphatic carbocycles. The van der Waals surface area contributed by atoms with Crippen LogP contribution in [0.2, 0.25) is 0 Å². The molecule has 0 saturated carbocycles. The predicted molar refractivity (Wildman–Crippen MR) is 78.5 cm³/mol. The van der Waals surface area contributed by atoms with Crippen LogP contribution < -0.4 is 10.6 Å². The van der Waals surface area contributed by atoms with Crippen molar-refractivity contribution >= 4 is 17.5 Å². The molecule has 0 radical (unpaired) electrons. The van der Waals surface area contributed by atoms with Gasteiger partial charge >= 0.3 is 11.8 Å². The van der Waals surface area contributed by atoms with Gasteiger partial charge in [-0.25, -0.2) is 0 Å². The van der Waals surface area contributed by atoms with E-state index in [0.717, 1.165) is 11.1 Å². The van der Waals surface area contributed by atoms with Crippen molar-refractivity contribution in [1.82, 2.24) is 5.32 Å². The van der Waals surface area contributed by atoms with Crippen LogP contribution in [0.1, 0.15) is 30.9 Å². The van der Waals surface area contributed by atoms with Crippen LogP contribution >= 0.6 is 0 Å². The highest BCUT2D eigenvalue weighted by Crippen LogP contribution is 2.17. The van der Waals surface area contributed by atoms with Gasteiger partial charge in [-0.2, -0.15) is 0 Å². The fraction of sp³-hybridized carbons (Fsp3) is 0.467. The molecule has 1 unspecified atom stereocenters. The van der Waals surface area contributed by atoms with E-state index in [1.54, 1.807) is 13.0 Å². The smallest absolute Gasteiger partial charge is 0.313 e. The summed E-state index contributed by atoms with van der Waals surface area (Å²) in [6, 6.07) is 5.41. The highest BCUT2D eigenvalue weighted by atomic mass is 16.3. The molecule has 20 heavy (non-hydrogen) atoms. The van der Waals surface area contributed by atoms with Crippen LogP contribution in [0.3, 0.4) is 0 Å². The van der Waals surface area contributed by atoms with Crippen molar-refractivity contribution in [3.05, 3.63) is 29.3 Å². The SMILES string of the molecule is Cc1cccc(NC(=O)C(=O)NC(C)CCCO)c1C. The molecule has 0 aromatic heterocycles. The Morgan fingerprint density at radius 2 is 1.95 bits per heavy atom. The molecule has 110 valence electrons. The lowest BCUT2D eigenvalue weighted by Crippen LogP contribution is -2.40. The zero-order valence-corrected chi connectivity index (χ0v) is 12.2. The maximum atomic E-state index is 11.8. The Kier molecular flexibility index (Phi) is 6.18. The monoisotopic (exact) mass is 278 g/mol. The lowest BCUT2D eigenvalue weighted by atomic mass is 10.1. The predicted octanol–water partition coefficient (Wildman–Crippen LogP) is 1.52. The van der Waals surface area contributed by atoms with Gasteiger partial charge in [0.05, 0.1) is 0 Å². The average Bonchev–Trinajstić information content (AvgIpc) is 2.41. The summed E-state index contributed by atoms with van der Waals surface area (Å²) in [6.07, 6.45) is 1.24. The number of carbonyl (C=O) groups excluding carboxylic acids is 2. The first-order valence-electron chi connectivity index (χ1n) is 6.74. The van der Waals surface area contributed by atoms with E-state index in [2.05, 4.69) is 10.6 Å². The Hall–Kier alpha value is -1.88. The van der Waals surface area contributed by atoms with Gasteiger partial charge in [0, 0.05) is 18.3 Å². The molecule has 1 aromatic carbocycles. The summed E-state index contributed by atoms with van der Waals surface area (Å²) < 4.78 is 0. The van der Waals surface area contributed by atoms with Crippen molar-refractivity contribution in [3.63, 3.8) is 0 Å². The van der Waals surface area contributed by atoms with Crippen molar-refractivity contribution < 1.29 is 14.7 Å². The van der Waals surface area contributed by atoms with Crippen LogP contribution in [0, 0.1) is 13.8 Å². The van der Waals surface area contributed by atoms with Crippen LogP contribution in [-0.2, 0) is 9.59 Å². The second-order valence-electron chi connectivity index (χ2n) is 4.94. The summed E-state index contributed by atoms with van der Waals surface area (Å²) in [4.78, 5) is 23.5. The Morgan fingerprint density at radius 1 is 1.25 bits per heavy atom. The highest BCUT2D eigenvalue weighted by molar-refractivity contribution is 6.39. The van der Waals surface area contributed by atoms with Gasteiger partial charge in [-0.1, -0.05) is 12.1 Å². The van der Waals surface area contributed by atoms with Gasteiger partial charge in [0.2, 0.25) is 0 Å². The molecule has 0 aliphatic heterocycles. The number of benzene rings is 1. The molecular weight excluding hydrogens is 256 g/mol. The number of hydrogen-bond donors (Lipinski definition) is 3. The minimum Gasteiger partial charge on any atom is -0.396 e. The van der Waals surface area contributed by atoms with Gasteiger partial charge in [-0.05, 0) is 50.8 Å². The standard InChI is InChI=1S/C15H22N2O3/c1-10-6-4-8-13(12(10)3)17-15(20)14(19)16-11(2)7-5-9-18/h4,6,8,11,18H,5,7,9H2,1-3H3,(H,16,19)(H,17,20). The summed E-state index contributed by atoms with van der Waals surface area (Å²) in [7, 11) is 0. The van der Waals surface area contributed by atoms with Crippen LogP contribution in [0.5, 0.6) is 0 Å². The molecule has 1 atom stereocenters. The van der Waals surface area contributed by atoms with Crippen molar-refractivity contribution in [2.45, 2.75) is 39.7 Å². The van der Waals surface area contributed by atoms with Gasteiger partial charge in [0.25, 0.3) is 0 Å². The maximum Gasteiger partial charge on any atom is 0.313 e. The average molecular weight is 278 g/mol. The normalized spacial score (nSPS) is 11.8. The summed E-state index contributed by atoms with van der Waals surface area (Å²) in [5.74, 6) is -1.33. The number of carbonyl (C=O) groups is 2. The van der Waals surface area contributed by atoms with Crippen molar-refractivity contribution in [1.29, 1.82) is 0 Å². The number of hydrogen-bond acceptors (Lipinski definition) is 3. The first-order chi connectivity index (χ1) is 9.45. The van der Waals surface area contributed by atoms with Crippen molar-refractivity contribution in [2.75, 3.05) is 11.9 Å². The zero-order chi connectivity index (χ0) is 15.1. The minimum atomic E-state index is -0.672. The lowest BCUT2D eigenvalue weighted by Gasteiger charge is -2.14. The zero-order valence-electron chi connectivity index (χ0n) is 12.2. The molecule has 0 bridgehead atoms. The van der Waals surface area contributed by atoms with E-state index in [9.17, 15) is 9.59 Å². The van der Waals surface area contributed by atoms with Crippen LogP contribution in [0.15, 0.2) is 18.2 Å². The number of amides is 2. The molecule has 0 saturated heterocycles. The van der Waals surface area contributed by atoms with Gasteiger partial charge in [0.1, 0.15) is 0 Å². The molecule has 5 nitrogen and oxygen atoms in total. The first-order valence-corrected chi connectivity index (χ1v) is 6.74. The number of aliphatic hydroxyl groups excluding tert-OH is 1. The molecule has 0 fully saturated rings. The molecule has 1 rings (SSSR count). The summed E-state index contributed by atoms with van der Waals surface area (Å²) >= 11 is 0. The molecular formula is C15H22N2O3. The highest BCUT2D eigenvalue weighted by Gasteiger charge is 2.16. The lowest BCUT2D eigenvalue weighted by molar-refractivity contribution is -0.136. The summed E-state index contributed by atoms with van der Waals surface area (Å²) in [5.41, 5.74) is 2.65. The number of anilines is 1. The second-order valence-corrected chi connectivity index (χ2v) is 4.94. The molecule has 1 aromatic rings. The van der Waals surface area contributed by atoms with E-state index in [-0.39, 0.29) is 12.6 Å². The minimum absolute atomic E-state index is 0.0783. The molecule has 0 spiro atoms. The van der Waals surface area contributed by atoms with Crippen LogP contribution in [0.4, 0.5) is 5.69 Å². The van der Waals surface area contributed by atoms with Gasteiger partial charge in [-0.3, -0.25) is 9.59 Å². The topological polar surface area (TPSA) is 78.4 Å². The Labute approximate surface area is 119 Å². The van der Waals surface area contributed by atoms with E-state index < -0.39 is 11.8 Å². The molecule has 2 amide bonds. The molecule has 0 heterocycles. The van der Waals surface area contributed by atoms with Crippen LogP contribution in [0.25, 0.3) is 0 Å². The van der Waals surface area contributed by atoms with Gasteiger partial charge < -0.3 is 15.7 Å². The van der Waals surface area contributed by atoms with Crippen molar-refractivity contribution in [2.24, 2.45) is 0 Å². The largest absolute Gasteiger partial charge is 0.396 e. The van der Waals surface area contributed by atoms with Crippen molar-refractivity contribution in [3.8, 4) is 0 Å². The van der Waals surface area contributed by atoms with Gasteiger partial charge in [0.15, 0.2) is 0 Å². The quantitative estimate of drug-likeness (QED) is 0.715. The first kappa shape index (κ1) is 16.2. The fourth-order valence-corrected chi connectivity index (χ4v) is 1.82. The Balaban J connectivity index is 2.58. The summed E-state index contributed by atoms with van der Waals surface area (Å²) in [5, 5.41) is 13.9. The van der Waals surface area contributed by atoms with Crippen LogP contribution in [-0.4, -0.2) is 29.6 Å². The third-order valence-corrected chi connectivity index (χ3v) is 3.23. The number of rotatable bonds is 5. The third kappa shape index (κ3) is 4.66. The Morgan fingerprint density at radius 3 is 2.60 bits per heavy atom. The number of nitrogens with one attached hydrogen (secondary N) is 2. The molecule has 3 N–H and O–H groups in total. The van der Waals surface area contributed by atoms with E-state index in [4.69, 9.17) is 5.11 Å². The Bertz CT molecular complexity index is 486. The third-order valence-electron chi connectivity index (χ3n) is 3.23. The molecule has 0 aliphatic rings. The van der Waals surface area contributed by atoms with E-state index in [0.29, 0.717) is 18.5 Å². The second kappa shape index (κ2) is 7.65. The van der Waals surface area contributed by atoms with E-state index in [1.807, 2.05) is 26.0 Å². The summed E-state index contributed by atoms with van der Waals surface area (Å²) in [6.45, 7) is 5.72. The molecule has 5 heteroatoms. The van der Waals surface area contributed by atoms with Gasteiger partial charge in [-0.15, -0.1) is 0 Å². The van der Waals surface area contributed by atoms with E-state index in [1.165, 1.54) is 0 Å². The van der Waals surface area contributed by atoms with E-state index >= 15 is 0 Å². The number of aryl methyl sites for hydroxylation is 1. The maximum absolute atomic E-state index is 11.8. The number of aliphatic hydroxyl groups is 1.